The molecule has 170 valence electrons. The van der Waals surface area contributed by atoms with Gasteiger partial charge < -0.3 is 22.6 Å². The van der Waals surface area contributed by atoms with Crippen LogP contribution in [0.4, 0.5) is 26.3 Å². The second kappa shape index (κ2) is 11.3. The molecule has 0 radical (unpaired) electrons. The summed E-state index contributed by atoms with van der Waals surface area (Å²) >= 11 is 1.84. The summed E-state index contributed by atoms with van der Waals surface area (Å²) in [5.74, 6) is 0. The van der Waals surface area contributed by atoms with Crippen LogP contribution in [-0.4, -0.2) is 28.8 Å². The van der Waals surface area contributed by atoms with Crippen molar-refractivity contribution in [1.29, 1.82) is 0 Å². The number of hydrogen-bond donors (Lipinski definition) is 2. The molecule has 0 spiro atoms. The number of hydrogen-bond acceptors (Lipinski definition) is 4. The Morgan fingerprint density at radius 1 is 1.19 bits per heavy atom. The van der Waals surface area contributed by atoms with E-state index < -0.39 is 47.4 Å². The molecular weight excluding hydrogens is 767 g/mol. The molecule has 31 heavy (non-hydrogen) atoms. The Morgan fingerprint density at radius 3 is 2.45 bits per heavy atom. The van der Waals surface area contributed by atoms with E-state index in [9.17, 15) is 31.4 Å². The first-order valence-corrected chi connectivity index (χ1v) is 9.85. The number of rotatable bonds is 4. The molecule has 1 aliphatic heterocycles. The minimum Gasteiger partial charge on any atom is -0.538 e. The molecule has 0 aliphatic carbocycles. The van der Waals surface area contributed by atoms with Gasteiger partial charge in [0.05, 0.1) is 23.2 Å². The topological polar surface area (TPSA) is 54.4 Å². The van der Waals surface area contributed by atoms with Gasteiger partial charge >= 0.3 is 43.5 Å². The summed E-state index contributed by atoms with van der Waals surface area (Å²) in [5.41, 5.74) is -3.92. The Kier molecular flexibility index (Phi) is 10.6. The molecule has 4 nitrogen and oxygen atoms in total. The summed E-state index contributed by atoms with van der Waals surface area (Å²) in [5, 5.41) is 13.7. The number of para-hydroxylation sites is 1. The van der Waals surface area contributed by atoms with Gasteiger partial charge in [-0.1, -0.05) is 12.1 Å². The fraction of sp³-hybridized carbons (Fsp3) is 0.421. The van der Waals surface area contributed by atoms with Crippen molar-refractivity contribution in [1.82, 2.24) is 10.3 Å². The fourth-order valence-corrected chi connectivity index (χ4v) is 3.88. The molecule has 0 saturated carbocycles. The van der Waals surface area contributed by atoms with Crippen molar-refractivity contribution >= 4 is 33.5 Å². The van der Waals surface area contributed by atoms with Gasteiger partial charge in [0, 0.05) is 11.5 Å². The van der Waals surface area contributed by atoms with Crippen LogP contribution in [0.2, 0.25) is 0 Å². The number of aliphatic hydroxyl groups excluding tert-OH is 1. The third-order valence-electron chi connectivity index (χ3n) is 4.80. The smallest absolute Gasteiger partial charge is 0.538 e. The Bertz CT molecular complexity index is 879. The molecule has 1 aromatic carbocycles. The van der Waals surface area contributed by atoms with Crippen molar-refractivity contribution in [2.24, 2.45) is 0 Å². The zero-order valence-electron chi connectivity index (χ0n) is 16.2. The number of halogens is 7. The molecule has 3 unspecified atom stereocenters. The van der Waals surface area contributed by atoms with Crippen LogP contribution in [-0.2, 0) is 17.1 Å². The van der Waals surface area contributed by atoms with Crippen LogP contribution < -0.4 is 5.32 Å². The van der Waals surface area contributed by atoms with Gasteiger partial charge in [-0.2, -0.15) is 31.0 Å². The van der Waals surface area contributed by atoms with Crippen molar-refractivity contribution in [3.8, 4) is 0 Å². The van der Waals surface area contributed by atoms with E-state index in [1.165, 1.54) is 10.7 Å². The molecule has 0 amide bonds. The minimum absolute atomic E-state index is 0. The number of nitrogens with zero attached hydrogens (tertiary/aromatic N) is 1. The predicted molar refractivity (Wildman–Crippen MR) is 107 cm³/mol. The molecular formula is C19H19F6IN2O2U. The van der Waals surface area contributed by atoms with Crippen LogP contribution in [0, 0.1) is 43.2 Å². The van der Waals surface area contributed by atoms with Crippen LogP contribution in [0.5, 0.6) is 0 Å². The molecule has 1 fully saturated rings. The Morgan fingerprint density at radius 2 is 1.87 bits per heavy atom. The van der Waals surface area contributed by atoms with Crippen molar-refractivity contribution < 1.29 is 67.3 Å². The van der Waals surface area contributed by atoms with Crippen LogP contribution in [0.25, 0.3) is 10.9 Å². The average Bonchev–Trinajstić information content (AvgIpc) is 2.65. The number of benzene rings is 1. The molecule has 1 aromatic heterocycles. The summed E-state index contributed by atoms with van der Waals surface area (Å²) in [6.07, 6.45) is -10.7. The van der Waals surface area contributed by atoms with Crippen LogP contribution in [0.15, 0.2) is 24.3 Å². The van der Waals surface area contributed by atoms with Gasteiger partial charge in [0.2, 0.25) is 0 Å². The van der Waals surface area contributed by atoms with Crippen molar-refractivity contribution in [2.75, 3.05) is 6.54 Å². The largest absolute Gasteiger partial charge is 2.00 e. The quantitative estimate of drug-likeness (QED) is 0.246. The summed E-state index contributed by atoms with van der Waals surface area (Å²) in [6, 6.07) is 2.78. The van der Waals surface area contributed by atoms with Crippen molar-refractivity contribution in [3.05, 3.63) is 53.1 Å². The first-order chi connectivity index (χ1) is 13.5. The van der Waals surface area contributed by atoms with Crippen molar-refractivity contribution in [2.45, 2.75) is 43.4 Å². The van der Waals surface area contributed by atoms with Gasteiger partial charge in [0.1, 0.15) is 5.69 Å². The SMILES string of the molecule is OC(c1cc(C(F)(F)F)nc2c(C(F)(F)F)cccc12)C1NCCCC1O[CH-]I.[CH3-].[U+2]. The normalized spacial score (nSPS) is 20.6. The van der Waals surface area contributed by atoms with Crippen molar-refractivity contribution in [3.63, 3.8) is 0 Å². The third kappa shape index (κ3) is 6.47. The molecule has 2 heterocycles. The van der Waals surface area contributed by atoms with Gasteiger partial charge in [-0.25, -0.2) is 4.98 Å². The first-order valence-electron chi connectivity index (χ1n) is 8.61. The van der Waals surface area contributed by atoms with Crippen LogP contribution >= 0.6 is 22.6 Å². The van der Waals surface area contributed by atoms with E-state index in [0.29, 0.717) is 25.1 Å². The summed E-state index contributed by atoms with van der Waals surface area (Å²) in [4.78, 5) is 3.24. The predicted octanol–water partition coefficient (Wildman–Crippen LogP) is 5.45. The minimum atomic E-state index is -4.98. The van der Waals surface area contributed by atoms with Gasteiger partial charge in [-0.15, -0.1) is 0 Å². The van der Waals surface area contributed by atoms with E-state index in [-0.39, 0.29) is 49.5 Å². The summed E-state index contributed by atoms with van der Waals surface area (Å²) in [7, 11) is 0. The molecule has 2 N–H and O–H groups in total. The maximum absolute atomic E-state index is 13.4. The second-order valence-electron chi connectivity index (χ2n) is 6.62. The number of alkyl halides is 6. The third-order valence-corrected chi connectivity index (χ3v) is 5.09. The molecule has 12 heteroatoms. The number of piperidine rings is 1. The summed E-state index contributed by atoms with van der Waals surface area (Å²) < 4.78 is 87.0. The number of ether oxygens (including phenoxy) is 1. The standard InChI is InChI=1S/C18H16F6IN2O2.CH3.U/c19-17(20,21)11-4-1-3-9-10(7-13(18(22,23)24)27-14(9)11)16(28)15-12(29-8-25)5-2-6-26-15;;/h1,3-4,7-8,12,15-16,26,28H,2,5-6H2;1H3;/q2*-1;+2. The number of aromatic nitrogens is 1. The maximum Gasteiger partial charge on any atom is 2.00 e. The molecule has 1 aliphatic rings. The van der Waals surface area contributed by atoms with E-state index in [2.05, 4.69) is 10.3 Å². The first kappa shape index (κ1) is 28.9. The number of nitrogens with one attached hydrogen (secondary N) is 1. The van der Waals surface area contributed by atoms with E-state index in [1.807, 2.05) is 22.6 Å². The molecule has 1 saturated heterocycles. The van der Waals surface area contributed by atoms with Crippen LogP contribution in [0.1, 0.15) is 35.8 Å². The monoisotopic (exact) mass is 786 g/mol. The van der Waals surface area contributed by atoms with E-state index >= 15 is 0 Å². The van der Waals surface area contributed by atoms with Gasteiger partial charge in [0.25, 0.3) is 0 Å². The second-order valence-corrected chi connectivity index (χ2v) is 7.13. The Balaban J connectivity index is 0.00000240. The molecule has 3 rings (SSSR count). The molecule has 0 bridgehead atoms. The Hall–Kier alpha value is -0.128. The van der Waals surface area contributed by atoms with E-state index in [4.69, 9.17) is 4.74 Å². The zero-order chi connectivity index (χ0) is 21.4. The van der Waals surface area contributed by atoms with E-state index in [0.717, 1.165) is 12.5 Å². The van der Waals surface area contributed by atoms with Crippen LogP contribution in [0.3, 0.4) is 0 Å². The fourth-order valence-electron chi connectivity index (χ4n) is 3.50. The number of aliphatic hydroxyl groups is 1. The molecule has 2 aromatic rings. The molecule has 3 atom stereocenters. The number of pyridine rings is 1. The van der Waals surface area contributed by atoms with Gasteiger partial charge in [-0.05, 0) is 37.1 Å². The Labute approximate surface area is 213 Å². The van der Waals surface area contributed by atoms with Gasteiger partial charge in [0.15, 0.2) is 0 Å². The van der Waals surface area contributed by atoms with E-state index in [1.54, 1.807) is 0 Å². The average molecular weight is 786 g/mol. The zero-order valence-corrected chi connectivity index (χ0v) is 22.5. The number of fused-ring (bicyclic) bond motifs is 1. The summed E-state index contributed by atoms with van der Waals surface area (Å²) in [6.45, 7) is 0.492. The maximum atomic E-state index is 13.4. The van der Waals surface area contributed by atoms with Gasteiger partial charge in [-0.3, -0.25) is 22.6 Å².